The van der Waals surface area contributed by atoms with E-state index in [-0.39, 0.29) is 11.9 Å². The highest BCUT2D eigenvalue weighted by molar-refractivity contribution is 5.79. The molecule has 0 aliphatic carbocycles. The van der Waals surface area contributed by atoms with Gasteiger partial charge in [-0.05, 0) is 30.2 Å². The molecule has 1 heterocycles. The molecule has 2 aromatic carbocycles. The van der Waals surface area contributed by atoms with Crippen LogP contribution in [0.25, 0.3) is 0 Å². The van der Waals surface area contributed by atoms with Crippen molar-refractivity contribution in [3.05, 3.63) is 59.7 Å². The first-order valence-electron chi connectivity index (χ1n) is 7.78. The van der Waals surface area contributed by atoms with Gasteiger partial charge in [0.1, 0.15) is 11.5 Å². The minimum atomic E-state index is 0.110. The molecule has 0 N–H and O–H groups in total. The average molecular weight is 311 g/mol. The molecule has 1 aliphatic heterocycles. The zero-order valence-electron chi connectivity index (χ0n) is 13.5. The predicted octanol–water partition coefficient (Wildman–Crippen LogP) is 3.57. The first-order chi connectivity index (χ1) is 11.2. The van der Waals surface area contributed by atoms with E-state index in [9.17, 15) is 4.79 Å². The molecule has 0 bridgehead atoms. The number of carbonyl (C=O) groups is 1. The number of hydrogen-bond donors (Lipinski definition) is 0. The molecular weight excluding hydrogens is 290 g/mol. The third-order valence-corrected chi connectivity index (χ3v) is 4.36. The summed E-state index contributed by atoms with van der Waals surface area (Å²) in [4.78, 5) is 14.3. The lowest BCUT2D eigenvalue weighted by molar-refractivity contribution is -0.129. The van der Waals surface area contributed by atoms with Crippen LogP contribution in [0.3, 0.4) is 0 Å². The molecule has 0 spiro atoms. The zero-order chi connectivity index (χ0) is 16.2. The number of carbonyl (C=O) groups excluding carboxylic acids is 1. The van der Waals surface area contributed by atoms with Gasteiger partial charge >= 0.3 is 0 Å². The summed E-state index contributed by atoms with van der Waals surface area (Å²) >= 11 is 0. The number of ether oxygens (including phenoxy) is 2. The molecule has 23 heavy (non-hydrogen) atoms. The van der Waals surface area contributed by atoms with E-state index in [4.69, 9.17) is 9.47 Å². The van der Waals surface area contributed by atoms with Crippen LogP contribution in [-0.2, 0) is 11.3 Å². The maximum atomic E-state index is 12.3. The van der Waals surface area contributed by atoms with Crippen LogP contribution in [0, 0.1) is 0 Å². The van der Waals surface area contributed by atoms with Crippen molar-refractivity contribution in [2.75, 3.05) is 14.2 Å². The van der Waals surface area contributed by atoms with Gasteiger partial charge in [0.05, 0.1) is 20.3 Å². The van der Waals surface area contributed by atoms with E-state index in [1.165, 1.54) is 0 Å². The van der Waals surface area contributed by atoms with Crippen LogP contribution in [0.4, 0.5) is 0 Å². The van der Waals surface area contributed by atoms with Crippen LogP contribution in [0.5, 0.6) is 11.5 Å². The number of methoxy groups -OCH3 is 2. The zero-order valence-corrected chi connectivity index (χ0v) is 13.5. The van der Waals surface area contributed by atoms with E-state index < -0.39 is 0 Å². The molecule has 0 aromatic heterocycles. The van der Waals surface area contributed by atoms with Gasteiger partial charge in [-0.25, -0.2) is 0 Å². The number of amides is 1. The van der Waals surface area contributed by atoms with Gasteiger partial charge in [-0.2, -0.15) is 0 Å². The number of rotatable bonds is 5. The Hall–Kier alpha value is -2.49. The first-order valence-corrected chi connectivity index (χ1v) is 7.78. The van der Waals surface area contributed by atoms with Crippen molar-refractivity contribution in [1.29, 1.82) is 0 Å². The summed E-state index contributed by atoms with van der Waals surface area (Å²) in [5.74, 6) is 1.84. The SMILES string of the molecule is COc1ccc([C@H]2CCC(=O)N2Cc2ccccc2OC)cc1. The molecule has 2 aromatic rings. The fourth-order valence-electron chi connectivity index (χ4n) is 3.12. The number of likely N-dealkylation sites (tertiary alicyclic amines) is 1. The van der Waals surface area contributed by atoms with E-state index in [1.54, 1.807) is 14.2 Å². The Balaban J connectivity index is 1.84. The minimum Gasteiger partial charge on any atom is -0.497 e. The third-order valence-electron chi connectivity index (χ3n) is 4.36. The van der Waals surface area contributed by atoms with Crippen LogP contribution in [-0.4, -0.2) is 25.0 Å². The molecule has 4 nitrogen and oxygen atoms in total. The molecule has 120 valence electrons. The average Bonchev–Trinajstić information content (AvgIpc) is 2.96. The van der Waals surface area contributed by atoms with Gasteiger partial charge in [-0.3, -0.25) is 4.79 Å². The third kappa shape index (κ3) is 3.16. The summed E-state index contributed by atoms with van der Waals surface area (Å²) in [6.07, 6.45) is 1.44. The Morgan fingerprint density at radius 2 is 1.78 bits per heavy atom. The van der Waals surface area contributed by atoms with E-state index >= 15 is 0 Å². The molecule has 0 unspecified atom stereocenters. The molecule has 1 fully saturated rings. The largest absolute Gasteiger partial charge is 0.497 e. The van der Waals surface area contributed by atoms with Gasteiger partial charge in [-0.15, -0.1) is 0 Å². The van der Waals surface area contributed by atoms with E-state index in [1.807, 2.05) is 53.4 Å². The van der Waals surface area contributed by atoms with Crippen molar-refractivity contribution in [2.45, 2.75) is 25.4 Å². The fourth-order valence-corrected chi connectivity index (χ4v) is 3.12. The van der Waals surface area contributed by atoms with Crippen LogP contribution < -0.4 is 9.47 Å². The summed E-state index contributed by atoms with van der Waals surface area (Å²) in [7, 11) is 3.31. The maximum Gasteiger partial charge on any atom is 0.223 e. The first kappa shape index (κ1) is 15.4. The summed E-state index contributed by atoms with van der Waals surface area (Å²) in [6.45, 7) is 0.569. The normalized spacial score (nSPS) is 17.4. The monoisotopic (exact) mass is 311 g/mol. The van der Waals surface area contributed by atoms with Crippen molar-refractivity contribution < 1.29 is 14.3 Å². The van der Waals surface area contributed by atoms with Crippen LogP contribution in [0.2, 0.25) is 0 Å². The van der Waals surface area contributed by atoms with Gasteiger partial charge in [-0.1, -0.05) is 30.3 Å². The number of hydrogen-bond acceptors (Lipinski definition) is 3. The maximum absolute atomic E-state index is 12.3. The Labute approximate surface area is 136 Å². The summed E-state index contributed by atoms with van der Waals surface area (Å²) in [5, 5.41) is 0. The highest BCUT2D eigenvalue weighted by Gasteiger charge is 2.32. The lowest BCUT2D eigenvalue weighted by Crippen LogP contribution is -2.27. The Morgan fingerprint density at radius 3 is 2.48 bits per heavy atom. The van der Waals surface area contributed by atoms with Gasteiger partial charge in [0.2, 0.25) is 5.91 Å². The topological polar surface area (TPSA) is 38.8 Å². The number of nitrogens with zero attached hydrogens (tertiary/aromatic N) is 1. The van der Waals surface area contributed by atoms with Crippen molar-refractivity contribution >= 4 is 5.91 Å². The second-order valence-corrected chi connectivity index (χ2v) is 5.66. The molecule has 0 radical (unpaired) electrons. The highest BCUT2D eigenvalue weighted by Crippen LogP contribution is 2.35. The summed E-state index contributed by atoms with van der Waals surface area (Å²) in [5.41, 5.74) is 2.18. The van der Waals surface area contributed by atoms with Gasteiger partial charge in [0, 0.05) is 18.5 Å². The second kappa shape index (κ2) is 6.73. The van der Waals surface area contributed by atoms with Crippen molar-refractivity contribution in [3.63, 3.8) is 0 Å². The quantitative estimate of drug-likeness (QED) is 0.847. The van der Waals surface area contributed by atoms with Gasteiger partial charge in [0.25, 0.3) is 0 Å². The molecule has 1 aliphatic rings. The van der Waals surface area contributed by atoms with E-state index in [0.29, 0.717) is 13.0 Å². The lowest BCUT2D eigenvalue weighted by atomic mass is 10.0. The number of benzene rings is 2. The second-order valence-electron chi connectivity index (χ2n) is 5.66. The highest BCUT2D eigenvalue weighted by atomic mass is 16.5. The molecule has 1 amide bonds. The summed E-state index contributed by atoms with van der Waals surface area (Å²) in [6, 6.07) is 15.9. The predicted molar refractivity (Wildman–Crippen MR) is 88.5 cm³/mol. The van der Waals surface area contributed by atoms with E-state index in [2.05, 4.69) is 0 Å². The van der Waals surface area contributed by atoms with Crippen LogP contribution in [0.1, 0.15) is 30.0 Å². The fraction of sp³-hybridized carbons (Fsp3) is 0.316. The molecule has 4 heteroatoms. The minimum absolute atomic E-state index is 0.110. The van der Waals surface area contributed by atoms with Crippen molar-refractivity contribution in [2.24, 2.45) is 0 Å². The van der Waals surface area contributed by atoms with Gasteiger partial charge < -0.3 is 14.4 Å². The number of para-hydroxylation sites is 1. The Morgan fingerprint density at radius 1 is 1.04 bits per heavy atom. The molecule has 3 rings (SSSR count). The molecular formula is C19H21NO3. The summed E-state index contributed by atoms with van der Waals surface area (Å²) < 4.78 is 10.6. The molecule has 0 saturated carbocycles. The smallest absolute Gasteiger partial charge is 0.223 e. The van der Waals surface area contributed by atoms with Crippen molar-refractivity contribution in [1.82, 2.24) is 4.90 Å². The van der Waals surface area contributed by atoms with Crippen LogP contribution in [0.15, 0.2) is 48.5 Å². The Kier molecular flexibility index (Phi) is 4.51. The van der Waals surface area contributed by atoms with Crippen LogP contribution >= 0.6 is 0 Å². The van der Waals surface area contributed by atoms with Gasteiger partial charge in [0.15, 0.2) is 0 Å². The lowest BCUT2D eigenvalue weighted by Gasteiger charge is -2.26. The van der Waals surface area contributed by atoms with Crippen molar-refractivity contribution in [3.8, 4) is 11.5 Å². The molecule has 1 saturated heterocycles. The molecule has 1 atom stereocenters. The Bertz CT molecular complexity index is 681. The van der Waals surface area contributed by atoms with E-state index in [0.717, 1.165) is 29.0 Å². The standard InChI is InChI=1S/C19H21NO3/c1-22-16-9-7-14(8-10-16)17-11-12-19(21)20(17)13-15-5-3-4-6-18(15)23-2/h3-10,17H,11-13H2,1-2H3/t17-/m1/s1.